The van der Waals surface area contributed by atoms with Crippen molar-refractivity contribution >= 4 is 21.0 Å². The van der Waals surface area contributed by atoms with Crippen LogP contribution >= 0.6 is 0 Å². The lowest BCUT2D eigenvalue weighted by Crippen LogP contribution is -2.48. The van der Waals surface area contributed by atoms with Crippen molar-refractivity contribution in [3.63, 3.8) is 0 Å². The van der Waals surface area contributed by atoms with Crippen LogP contribution in [0.1, 0.15) is 18.1 Å². The minimum Gasteiger partial charge on any atom is -0.423 e. The van der Waals surface area contributed by atoms with Gasteiger partial charge in [-0.15, -0.1) is 0 Å². The summed E-state index contributed by atoms with van der Waals surface area (Å²) < 4.78 is 46.2. The zero-order valence-corrected chi connectivity index (χ0v) is 17.5. The Bertz CT molecular complexity index is 1230. The number of nitrogens with zero attached hydrogens (tertiary/aromatic N) is 2. The highest BCUT2D eigenvalue weighted by Gasteiger charge is 2.30. The maximum absolute atomic E-state index is 14.0. The molecule has 30 heavy (non-hydrogen) atoms. The van der Waals surface area contributed by atoms with Gasteiger partial charge in [-0.05, 0) is 35.7 Å². The van der Waals surface area contributed by atoms with Gasteiger partial charge in [0.05, 0.1) is 0 Å². The molecule has 0 unspecified atom stereocenters. The Morgan fingerprint density at radius 3 is 2.47 bits per heavy atom. The molecule has 4 rings (SSSR count). The van der Waals surface area contributed by atoms with Gasteiger partial charge < -0.3 is 4.42 Å². The molecule has 2 heterocycles. The number of rotatable bonds is 5. The number of fused-ring (bicyclic) bond motifs is 1. The highest BCUT2D eigenvalue weighted by atomic mass is 32.2. The Balaban J connectivity index is 1.51. The van der Waals surface area contributed by atoms with Crippen molar-refractivity contribution in [3.8, 4) is 0 Å². The summed E-state index contributed by atoms with van der Waals surface area (Å²) in [6.07, 6.45) is 0.850. The van der Waals surface area contributed by atoms with E-state index in [2.05, 4.69) is 4.90 Å². The number of hydrogen-bond donors (Lipinski definition) is 0. The first kappa shape index (κ1) is 20.7. The second kappa shape index (κ2) is 8.29. The summed E-state index contributed by atoms with van der Waals surface area (Å²) in [6, 6.07) is 12.8. The molecule has 0 atom stereocenters. The molecule has 0 bridgehead atoms. The summed E-state index contributed by atoms with van der Waals surface area (Å²) >= 11 is 0. The smallest absolute Gasteiger partial charge is 0.336 e. The fourth-order valence-electron chi connectivity index (χ4n) is 3.79. The molecule has 8 heteroatoms. The van der Waals surface area contributed by atoms with Gasteiger partial charge in [0.1, 0.15) is 16.3 Å². The fourth-order valence-corrected chi connectivity index (χ4v) is 5.27. The largest absolute Gasteiger partial charge is 0.423 e. The average molecular weight is 431 g/mol. The third-order valence-corrected chi connectivity index (χ3v) is 7.41. The molecule has 0 amide bonds. The summed E-state index contributed by atoms with van der Waals surface area (Å²) in [5.41, 5.74) is 2.12. The zero-order valence-electron chi connectivity index (χ0n) is 16.7. The van der Waals surface area contributed by atoms with Gasteiger partial charge in [-0.1, -0.05) is 31.2 Å². The van der Waals surface area contributed by atoms with E-state index in [1.807, 2.05) is 25.1 Å². The van der Waals surface area contributed by atoms with Gasteiger partial charge in [-0.3, -0.25) is 4.90 Å². The quantitative estimate of drug-likeness (QED) is 0.582. The molecule has 1 fully saturated rings. The molecule has 1 aliphatic rings. The molecule has 6 nitrogen and oxygen atoms in total. The van der Waals surface area contributed by atoms with E-state index in [0.29, 0.717) is 25.2 Å². The lowest BCUT2D eigenvalue weighted by molar-refractivity contribution is 0.181. The SMILES string of the molecule is CCc1ccc2c(CN3CCN(S(=O)(=O)c4ccccc4F)CC3)cc(=O)oc2c1. The van der Waals surface area contributed by atoms with Crippen LogP contribution in [-0.2, 0) is 23.0 Å². The van der Waals surface area contributed by atoms with Crippen LogP contribution in [-0.4, -0.2) is 43.8 Å². The van der Waals surface area contributed by atoms with E-state index in [0.717, 1.165) is 29.0 Å². The maximum atomic E-state index is 14.0. The molecule has 158 valence electrons. The van der Waals surface area contributed by atoms with E-state index < -0.39 is 21.5 Å². The van der Waals surface area contributed by atoms with Crippen LogP contribution in [0.5, 0.6) is 0 Å². The van der Waals surface area contributed by atoms with Gasteiger partial charge in [-0.25, -0.2) is 17.6 Å². The van der Waals surface area contributed by atoms with Crippen molar-refractivity contribution in [2.45, 2.75) is 24.8 Å². The summed E-state index contributed by atoms with van der Waals surface area (Å²) in [5, 5.41) is 0.883. The van der Waals surface area contributed by atoms with E-state index in [4.69, 9.17) is 4.42 Å². The van der Waals surface area contributed by atoms with E-state index in [-0.39, 0.29) is 18.0 Å². The number of piperazine rings is 1. The highest BCUT2D eigenvalue weighted by molar-refractivity contribution is 7.89. The van der Waals surface area contributed by atoms with E-state index >= 15 is 0 Å². The molecule has 2 aromatic carbocycles. The summed E-state index contributed by atoms with van der Waals surface area (Å²) in [4.78, 5) is 13.8. The fraction of sp³-hybridized carbons (Fsp3) is 0.318. The van der Waals surface area contributed by atoms with Crippen molar-refractivity contribution < 1.29 is 17.2 Å². The zero-order chi connectivity index (χ0) is 21.3. The molecule has 0 N–H and O–H groups in total. The first-order chi connectivity index (χ1) is 14.4. The van der Waals surface area contributed by atoms with Crippen LogP contribution in [0.2, 0.25) is 0 Å². The first-order valence-corrected chi connectivity index (χ1v) is 11.3. The van der Waals surface area contributed by atoms with Crippen LogP contribution in [0.15, 0.2) is 62.6 Å². The third kappa shape index (κ3) is 4.03. The van der Waals surface area contributed by atoms with Crippen molar-refractivity contribution in [3.05, 3.63) is 75.9 Å². The Hall–Kier alpha value is -2.55. The van der Waals surface area contributed by atoms with Crippen LogP contribution < -0.4 is 5.63 Å². The van der Waals surface area contributed by atoms with Crippen molar-refractivity contribution in [1.82, 2.24) is 9.21 Å². The van der Waals surface area contributed by atoms with Gasteiger partial charge in [0.25, 0.3) is 0 Å². The summed E-state index contributed by atoms with van der Waals surface area (Å²) in [6.45, 7) is 4.05. The Morgan fingerprint density at radius 1 is 1.03 bits per heavy atom. The number of benzene rings is 2. The maximum Gasteiger partial charge on any atom is 0.336 e. The standard InChI is InChI=1S/C22H23FN2O4S/c1-2-16-7-8-18-17(14-22(26)29-20(18)13-16)15-24-9-11-25(12-10-24)30(27,28)21-6-4-3-5-19(21)23/h3-8,13-14H,2,9-12,15H2,1H3. The van der Waals surface area contributed by atoms with Gasteiger partial charge in [0.2, 0.25) is 10.0 Å². The molecule has 0 radical (unpaired) electrons. The van der Waals surface area contributed by atoms with Crippen LogP contribution in [0, 0.1) is 5.82 Å². The second-order valence-corrected chi connectivity index (χ2v) is 9.29. The highest BCUT2D eigenvalue weighted by Crippen LogP contribution is 2.23. The average Bonchev–Trinajstić information content (AvgIpc) is 2.73. The summed E-state index contributed by atoms with van der Waals surface area (Å²) in [7, 11) is -3.87. The molecule has 0 saturated carbocycles. The second-order valence-electron chi connectivity index (χ2n) is 7.39. The molecule has 0 aliphatic carbocycles. The van der Waals surface area contributed by atoms with Crippen molar-refractivity contribution in [2.75, 3.05) is 26.2 Å². The van der Waals surface area contributed by atoms with E-state index in [9.17, 15) is 17.6 Å². The van der Waals surface area contributed by atoms with Gasteiger partial charge >= 0.3 is 5.63 Å². The van der Waals surface area contributed by atoms with E-state index in [1.165, 1.54) is 28.6 Å². The molecular weight excluding hydrogens is 407 g/mol. The van der Waals surface area contributed by atoms with Crippen molar-refractivity contribution in [2.24, 2.45) is 0 Å². The third-order valence-electron chi connectivity index (χ3n) is 5.48. The molecule has 0 spiro atoms. The number of halogens is 1. The molecule has 1 saturated heterocycles. The Morgan fingerprint density at radius 2 is 1.77 bits per heavy atom. The molecule has 1 aliphatic heterocycles. The molecule has 3 aromatic rings. The monoisotopic (exact) mass is 430 g/mol. The number of sulfonamides is 1. The summed E-state index contributed by atoms with van der Waals surface area (Å²) in [5.74, 6) is -0.742. The molecular formula is C22H23FN2O4S. The van der Waals surface area contributed by atoms with Gasteiger partial charge in [-0.2, -0.15) is 4.31 Å². The number of hydrogen-bond acceptors (Lipinski definition) is 5. The van der Waals surface area contributed by atoms with Gasteiger partial charge in [0.15, 0.2) is 0 Å². The van der Waals surface area contributed by atoms with Crippen LogP contribution in [0.4, 0.5) is 4.39 Å². The lowest BCUT2D eigenvalue weighted by atomic mass is 10.1. The number of aryl methyl sites for hydroxylation is 1. The normalized spacial score (nSPS) is 16.2. The topological polar surface area (TPSA) is 70.8 Å². The van der Waals surface area contributed by atoms with Crippen LogP contribution in [0.25, 0.3) is 11.0 Å². The first-order valence-electron chi connectivity index (χ1n) is 9.91. The Labute approximate surface area is 174 Å². The van der Waals surface area contributed by atoms with Crippen molar-refractivity contribution in [1.29, 1.82) is 0 Å². The predicted octanol–water partition coefficient (Wildman–Crippen LogP) is 3.00. The van der Waals surface area contributed by atoms with Gasteiger partial charge in [0, 0.05) is 44.2 Å². The Kier molecular flexibility index (Phi) is 5.73. The molecule has 1 aromatic heterocycles. The van der Waals surface area contributed by atoms with E-state index in [1.54, 1.807) is 0 Å². The minimum atomic E-state index is -3.87. The predicted molar refractivity (Wildman–Crippen MR) is 112 cm³/mol. The van der Waals surface area contributed by atoms with Crippen LogP contribution in [0.3, 0.4) is 0 Å². The lowest BCUT2D eigenvalue weighted by Gasteiger charge is -2.34. The minimum absolute atomic E-state index is 0.260.